The normalized spacial score (nSPS) is 11.6. The fourth-order valence-corrected chi connectivity index (χ4v) is 9.58. The fraction of sp³-hybridized carbons (Fsp3) is 0. The molecule has 7 heteroatoms. The zero-order valence-corrected chi connectivity index (χ0v) is 23.1. The molecular formula is C30H24BrN2O2PS. The second-order valence-corrected chi connectivity index (χ2v) is 13.8. The Balaban J connectivity index is 1.81. The molecule has 0 heterocycles. The number of para-hydroxylation sites is 1. The Labute approximate surface area is 226 Å². The first-order valence-electron chi connectivity index (χ1n) is 11.7. The van der Waals surface area contributed by atoms with Crippen LogP contribution in [0.2, 0.25) is 0 Å². The molecule has 0 aliphatic carbocycles. The average molecular weight is 587 g/mol. The number of benzene rings is 5. The van der Waals surface area contributed by atoms with Crippen molar-refractivity contribution < 1.29 is 8.42 Å². The van der Waals surface area contributed by atoms with Crippen LogP contribution < -0.4 is 20.6 Å². The topological polar surface area (TPSA) is 58.5 Å². The number of sulfonamides is 1. The van der Waals surface area contributed by atoms with Crippen LogP contribution in [0.3, 0.4) is 0 Å². The molecule has 0 aliphatic heterocycles. The SMILES string of the molecule is O=S(=O)(Nc1ccccc1Br)c1ccccc1N=P(c1ccccc1)(c1ccccc1)c1ccccc1. The van der Waals surface area contributed by atoms with Gasteiger partial charge in [-0.05, 0) is 40.2 Å². The number of rotatable bonds is 7. The van der Waals surface area contributed by atoms with E-state index >= 15 is 0 Å². The standard InChI is InChI=1S/C30H24BrN2O2PS/c31-27-20-10-11-21-28(27)33-37(34,35)30-23-13-12-22-29(30)32-36(24-14-4-1-5-15-24,25-16-6-2-7-17-25)26-18-8-3-9-19-26/h1-23,33H. The van der Waals surface area contributed by atoms with Gasteiger partial charge in [0.05, 0.1) is 18.4 Å². The van der Waals surface area contributed by atoms with Gasteiger partial charge in [0.1, 0.15) is 4.90 Å². The smallest absolute Gasteiger partial charge is 0.264 e. The molecule has 0 spiro atoms. The minimum atomic E-state index is -3.94. The highest BCUT2D eigenvalue weighted by atomic mass is 79.9. The molecule has 184 valence electrons. The fourth-order valence-electron chi connectivity index (χ4n) is 4.22. The van der Waals surface area contributed by atoms with Crippen molar-refractivity contribution in [3.63, 3.8) is 0 Å². The molecule has 0 saturated carbocycles. The minimum Gasteiger partial charge on any atom is -0.278 e. The number of nitrogens with one attached hydrogen (secondary N) is 1. The number of halogens is 1. The quantitative estimate of drug-likeness (QED) is 0.207. The summed E-state index contributed by atoms with van der Waals surface area (Å²) in [5.74, 6) is 0. The van der Waals surface area contributed by atoms with Crippen LogP contribution in [-0.4, -0.2) is 8.42 Å². The van der Waals surface area contributed by atoms with Crippen LogP contribution in [0.15, 0.2) is 154 Å². The van der Waals surface area contributed by atoms with Gasteiger partial charge in [-0.3, -0.25) is 9.47 Å². The van der Waals surface area contributed by atoms with E-state index < -0.39 is 17.1 Å². The van der Waals surface area contributed by atoms with Gasteiger partial charge in [0, 0.05) is 20.4 Å². The van der Waals surface area contributed by atoms with Crippen molar-refractivity contribution >= 4 is 60.3 Å². The maximum Gasteiger partial charge on any atom is 0.264 e. The highest BCUT2D eigenvalue weighted by Crippen LogP contribution is 2.50. The number of hydrogen-bond acceptors (Lipinski definition) is 3. The third kappa shape index (κ3) is 5.19. The predicted molar refractivity (Wildman–Crippen MR) is 159 cm³/mol. The summed E-state index contributed by atoms with van der Waals surface area (Å²) in [7, 11) is -6.58. The molecule has 0 aromatic heterocycles. The molecule has 0 amide bonds. The van der Waals surface area contributed by atoms with Crippen LogP contribution in [0.4, 0.5) is 11.4 Å². The maximum atomic E-state index is 13.7. The molecule has 5 aromatic rings. The summed E-state index contributed by atoms with van der Waals surface area (Å²) in [5, 5.41) is 3.12. The van der Waals surface area contributed by atoms with E-state index in [1.807, 2.05) is 66.7 Å². The molecular weight excluding hydrogens is 563 g/mol. The Kier molecular flexibility index (Phi) is 7.43. The second kappa shape index (κ2) is 10.9. The summed E-state index contributed by atoms with van der Waals surface area (Å²) in [4.78, 5) is 0.123. The Morgan fingerprint density at radius 3 is 1.51 bits per heavy atom. The predicted octanol–water partition coefficient (Wildman–Crippen LogP) is 7.06. The van der Waals surface area contributed by atoms with E-state index in [1.54, 1.807) is 36.4 Å². The van der Waals surface area contributed by atoms with Gasteiger partial charge in [0.2, 0.25) is 0 Å². The van der Waals surface area contributed by atoms with Crippen LogP contribution in [0.25, 0.3) is 0 Å². The Morgan fingerprint density at radius 2 is 1.00 bits per heavy atom. The van der Waals surface area contributed by atoms with E-state index in [1.165, 1.54) is 0 Å². The summed E-state index contributed by atoms with van der Waals surface area (Å²) in [6.45, 7) is 0. The van der Waals surface area contributed by atoms with Gasteiger partial charge < -0.3 is 0 Å². The van der Waals surface area contributed by atoms with Gasteiger partial charge in [0.25, 0.3) is 10.0 Å². The molecule has 0 atom stereocenters. The lowest BCUT2D eigenvalue weighted by atomic mass is 10.3. The molecule has 0 radical (unpaired) electrons. The van der Waals surface area contributed by atoms with E-state index in [0.717, 1.165) is 15.9 Å². The summed E-state index contributed by atoms with van der Waals surface area (Å²) in [6.07, 6.45) is 0. The molecule has 0 fully saturated rings. The number of anilines is 1. The highest BCUT2D eigenvalue weighted by molar-refractivity contribution is 9.10. The van der Waals surface area contributed by atoms with Crippen molar-refractivity contribution in [1.82, 2.24) is 0 Å². The summed E-state index contributed by atoms with van der Waals surface area (Å²) >= 11 is 3.44. The lowest BCUT2D eigenvalue weighted by molar-refractivity contribution is 0.601. The molecule has 0 bridgehead atoms. The second-order valence-electron chi connectivity index (χ2n) is 8.30. The van der Waals surface area contributed by atoms with Gasteiger partial charge in [-0.15, -0.1) is 0 Å². The minimum absolute atomic E-state index is 0.123. The van der Waals surface area contributed by atoms with Gasteiger partial charge in [-0.25, -0.2) is 8.42 Å². The van der Waals surface area contributed by atoms with Crippen molar-refractivity contribution in [2.75, 3.05) is 4.72 Å². The maximum absolute atomic E-state index is 13.7. The zero-order chi connectivity index (χ0) is 25.7. The summed E-state index contributed by atoms with van der Waals surface area (Å²) in [5.41, 5.74) is 0.875. The lowest BCUT2D eigenvalue weighted by Crippen LogP contribution is -2.25. The molecule has 37 heavy (non-hydrogen) atoms. The molecule has 0 saturated heterocycles. The first-order valence-corrected chi connectivity index (χ1v) is 15.7. The van der Waals surface area contributed by atoms with E-state index in [2.05, 4.69) is 57.1 Å². The van der Waals surface area contributed by atoms with Gasteiger partial charge in [0.15, 0.2) is 0 Å². The van der Waals surface area contributed by atoms with E-state index in [4.69, 9.17) is 4.74 Å². The highest BCUT2D eigenvalue weighted by Gasteiger charge is 2.29. The molecule has 5 aromatic carbocycles. The Hall–Kier alpha value is -3.44. The first-order chi connectivity index (χ1) is 18.0. The van der Waals surface area contributed by atoms with Crippen LogP contribution in [0.5, 0.6) is 0 Å². The van der Waals surface area contributed by atoms with Crippen molar-refractivity contribution in [3.8, 4) is 0 Å². The van der Waals surface area contributed by atoms with Crippen molar-refractivity contribution in [2.45, 2.75) is 4.90 Å². The molecule has 4 nitrogen and oxygen atoms in total. The zero-order valence-electron chi connectivity index (χ0n) is 19.8. The van der Waals surface area contributed by atoms with Crippen molar-refractivity contribution in [2.24, 2.45) is 4.74 Å². The molecule has 0 unspecified atom stereocenters. The Bertz CT molecular complexity index is 1570. The van der Waals surface area contributed by atoms with E-state index in [0.29, 0.717) is 15.8 Å². The lowest BCUT2D eigenvalue weighted by Gasteiger charge is -2.27. The monoisotopic (exact) mass is 586 g/mol. The Morgan fingerprint density at radius 1 is 0.568 bits per heavy atom. The van der Waals surface area contributed by atoms with Crippen molar-refractivity contribution in [1.29, 1.82) is 0 Å². The van der Waals surface area contributed by atoms with Crippen LogP contribution in [0.1, 0.15) is 0 Å². The third-order valence-corrected chi connectivity index (χ3v) is 11.7. The number of hydrogen-bond donors (Lipinski definition) is 1. The van der Waals surface area contributed by atoms with Crippen LogP contribution in [0, 0.1) is 0 Å². The average Bonchev–Trinajstić information content (AvgIpc) is 2.94. The molecule has 1 N–H and O–H groups in total. The van der Waals surface area contributed by atoms with E-state index in [-0.39, 0.29) is 4.90 Å². The van der Waals surface area contributed by atoms with Gasteiger partial charge in [-0.2, -0.15) is 0 Å². The largest absolute Gasteiger partial charge is 0.278 e. The van der Waals surface area contributed by atoms with Gasteiger partial charge >= 0.3 is 0 Å². The van der Waals surface area contributed by atoms with E-state index in [9.17, 15) is 8.42 Å². The van der Waals surface area contributed by atoms with Gasteiger partial charge in [-0.1, -0.05) is 115 Å². The number of nitrogens with zero attached hydrogens (tertiary/aromatic N) is 1. The van der Waals surface area contributed by atoms with Crippen molar-refractivity contribution in [3.05, 3.63) is 144 Å². The molecule has 5 rings (SSSR count). The summed E-state index contributed by atoms with van der Waals surface area (Å²) in [6, 6.07) is 44.5. The third-order valence-electron chi connectivity index (χ3n) is 5.92. The summed E-state index contributed by atoms with van der Waals surface area (Å²) < 4.78 is 36.2. The van der Waals surface area contributed by atoms with Crippen LogP contribution >= 0.6 is 23.0 Å². The van der Waals surface area contributed by atoms with Crippen LogP contribution in [-0.2, 0) is 10.0 Å². The molecule has 0 aliphatic rings. The first kappa shape index (κ1) is 25.2.